The first-order valence-corrected chi connectivity index (χ1v) is 9.36. The van der Waals surface area contributed by atoms with Crippen molar-refractivity contribution in [3.63, 3.8) is 0 Å². The summed E-state index contributed by atoms with van der Waals surface area (Å²) in [6, 6.07) is -0.614. The summed E-state index contributed by atoms with van der Waals surface area (Å²) >= 11 is 0. The largest absolute Gasteiger partial charge is 0.458 e. The molecule has 0 saturated carbocycles. The third kappa shape index (κ3) is 11.5. The van der Waals surface area contributed by atoms with Crippen molar-refractivity contribution in [1.82, 2.24) is 5.32 Å². The molecule has 2 unspecified atom stereocenters. The smallest absolute Gasteiger partial charge is 0.408 e. The Bertz CT molecular complexity index is 583. The highest BCUT2D eigenvalue weighted by atomic mass is 16.6. The molecule has 0 radical (unpaired) electrons. The van der Waals surface area contributed by atoms with Crippen LogP contribution in [0.5, 0.6) is 0 Å². The molecule has 0 aromatic rings. The number of ether oxygens (including phenoxy) is 2. The lowest BCUT2D eigenvalue weighted by molar-refractivity contribution is -0.163. The third-order valence-electron chi connectivity index (χ3n) is 3.09. The van der Waals surface area contributed by atoms with Gasteiger partial charge in [-0.2, -0.15) is 0 Å². The molecule has 2 N–H and O–H groups in total. The number of carbonyl (C=O) groups is 2. The van der Waals surface area contributed by atoms with E-state index in [1.54, 1.807) is 41.5 Å². The number of aliphatic hydroxyl groups excluding tert-OH is 1. The van der Waals surface area contributed by atoms with Gasteiger partial charge in [0.2, 0.25) is 0 Å². The molecule has 0 heterocycles. The highest BCUT2D eigenvalue weighted by Crippen LogP contribution is 2.20. The Hall–Kier alpha value is -1.78. The van der Waals surface area contributed by atoms with Gasteiger partial charge >= 0.3 is 12.1 Å². The Balaban J connectivity index is 5.82. The summed E-state index contributed by atoms with van der Waals surface area (Å²) in [4.78, 5) is 24.7. The number of amides is 1. The molecular formula is C21H37NO5. The van der Waals surface area contributed by atoms with Gasteiger partial charge in [-0.25, -0.2) is 9.59 Å². The van der Waals surface area contributed by atoms with Gasteiger partial charge in [0.05, 0.1) is 6.04 Å². The topological polar surface area (TPSA) is 84.9 Å². The number of rotatable bonds is 6. The number of nitrogens with one attached hydrogen (secondary N) is 1. The van der Waals surface area contributed by atoms with Gasteiger partial charge in [-0.3, -0.25) is 0 Å². The van der Waals surface area contributed by atoms with E-state index in [0.717, 1.165) is 5.57 Å². The van der Waals surface area contributed by atoms with Gasteiger partial charge in [0.25, 0.3) is 0 Å². The van der Waals surface area contributed by atoms with Crippen molar-refractivity contribution in [2.45, 2.75) is 99.0 Å². The number of esters is 1. The molecule has 0 aliphatic carbocycles. The predicted molar refractivity (Wildman–Crippen MR) is 106 cm³/mol. The van der Waals surface area contributed by atoms with Crippen molar-refractivity contribution < 1.29 is 24.2 Å². The van der Waals surface area contributed by atoms with Crippen LogP contribution in [0.15, 0.2) is 16.9 Å². The van der Waals surface area contributed by atoms with E-state index in [1.165, 1.54) is 0 Å². The highest BCUT2D eigenvalue weighted by Gasteiger charge is 2.32. The van der Waals surface area contributed by atoms with Gasteiger partial charge in [0.15, 0.2) is 6.10 Å². The number of hydrogen-bond donors (Lipinski definition) is 2. The van der Waals surface area contributed by atoms with Crippen LogP contribution in [0.1, 0.15) is 75.7 Å². The molecular weight excluding hydrogens is 346 g/mol. The minimum absolute atomic E-state index is 0.199. The van der Waals surface area contributed by atoms with Gasteiger partial charge in [0, 0.05) is 5.57 Å². The Morgan fingerprint density at radius 3 is 1.85 bits per heavy atom. The van der Waals surface area contributed by atoms with Crippen LogP contribution < -0.4 is 5.32 Å². The summed E-state index contributed by atoms with van der Waals surface area (Å²) in [6.07, 6.45) is -1.63. The lowest BCUT2D eigenvalue weighted by atomic mass is 9.93. The highest BCUT2D eigenvalue weighted by molar-refractivity contribution is 5.79. The van der Waals surface area contributed by atoms with Crippen LogP contribution in [0.3, 0.4) is 0 Å². The molecule has 0 bridgehead atoms. The average Bonchev–Trinajstić information content (AvgIpc) is 2.38. The Kier molecular flexibility index (Phi) is 9.30. The second-order valence-electron chi connectivity index (χ2n) is 9.34. The summed E-state index contributed by atoms with van der Waals surface area (Å²) in [6.45, 7) is 18.1. The fourth-order valence-electron chi connectivity index (χ4n) is 2.30. The molecule has 27 heavy (non-hydrogen) atoms. The van der Waals surface area contributed by atoms with E-state index in [4.69, 9.17) is 9.47 Å². The maximum atomic E-state index is 12.4. The van der Waals surface area contributed by atoms with Crippen molar-refractivity contribution in [3.05, 3.63) is 16.9 Å². The molecule has 0 fully saturated rings. The van der Waals surface area contributed by atoms with E-state index >= 15 is 0 Å². The SMILES string of the molecule is CC(C)=C=C(C(CC(C)C)NC(=O)OC(C)(C)C)C(O)C(=O)OC(C)(C)C. The average molecular weight is 384 g/mol. The van der Waals surface area contributed by atoms with Gasteiger partial charge in [-0.05, 0) is 73.3 Å². The molecule has 0 aromatic heterocycles. The zero-order valence-corrected chi connectivity index (χ0v) is 18.5. The first-order valence-electron chi connectivity index (χ1n) is 9.36. The van der Waals surface area contributed by atoms with Crippen LogP contribution in [-0.4, -0.2) is 40.5 Å². The van der Waals surface area contributed by atoms with Crippen LogP contribution in [-0.2, 0) is 14.3 Å². The Morgan fingerprint density at radius 2 is 1.48 bits per heavy atom. The summed E-state index contributed by atoms with van der Waals surface area (Å²) < 4.78 is 10.6. The van der Waals surface area contributed by atoms with E-state index in [1.807, 2.05) is 27.7 Å². The standard InChI is InChI=1S/C21H37NO5/c1-13(2)11-15(17(23)18(24)26-20(5,6)7)16(12-14(3)4)22-19(25)27-21(8,9)10/h14,16-17,23H,12H2,1-10H3,(H,22,25). The molecule has 0 rings (SSSR count). The summed E-state index contributed by atoms with van der Waals surface area (Å²) in [5.74, 6) is -0.573. The molecule has 156 valence electrons. The molecule has 0 spiro atoms. The number of hydrogen-bond acceptors (Lipinski definition) is 5. The Labute approximate surface area is 164 Å². The van der Waals surface area contributed by atoms with Crippen molar-refractivity contribution >= 4 is 12.1 Å². The second kappa shape index (κ2) is 9.95. The van der Waals surface area contributed by atoms with E-state index in [2.05, 4.69) is 11.0 Å². The monoisotopic (exact) mass is 383 g/mol. The molecule has 0 aliphatic heterocycles. The molecule has 6 nitrogen and oxygen atoms in total. The quantitative estimate of drug-likeness (QED) is 0.532. The van der Waals surface area contributed by atoms with E-state index in [9.17, 15) is 14.7 Å². The van der Waals surface area contributed by atoms with E-state index in [-0.39, 0.29) is 11.5 Å². The predicted octanol–water partition coefficient (Wildman–Crippen LogP) is 4.12. The van der Waals surface area contributed by atoms with Gasteiger partial charge in [0.1, 0.15) is 11.2 Å². The lowest BCUT2D eigenvalue weighted by Crippen LogP contribution is -2.45. The van der Waals surface area contributed by atoms with Crippen molar-refractivity contribution in [1.29, 1.82) is 0 Å². The van der Waals surface area contributed by atoms with Crippen LogP contribution in [0, 0.1) is 5.92 Å². The van der Waals surface area contributed by atoms with E-state index < -0.39 is 35.4 Å². The van der Waals surface area contributed by atoms with Gasteiger partial charge in [-0.1, -0.05) is 13.8 Å². The maximum Gasteiger partial charge on any atom is 0.408 e. The molecule has 1 amide bonds. The third-order valence-corrected chi connectivity index (χ3v) is 3.09. The van der Waals surface area contributed by atoms with Crippen molar-refractivity contribution in [2.24, 2.45) is 5.92 Å². The number of carbonyl (C=O) groups excluding carboxylic acids is 2. The second-order valence-corrected chi connectivity index (χ2v) is 9.34. The first-order chi connectivity index (χ1) is 12.0. The zero-order valence-electron chi connectivity index (χ0n) is 18.5. The van der Waals surface area contributed by atoms with Crippen molar-refractivity contribution in [3.8, 4) is 0 Å². The summed E-state index contributed by atoms with van der Waals surface area (Å²) in [7, 11) is 0. The van der Waals surface area contributed by atoms with Crippen LogP contribution in [0.4, 0.5) is 4.79 Å². The van der Waals surface area contributed by atoms with Crippen LogP contribution in [0.2, 0.25) is 0 Å². The molecule has 0 saturated heterocycles. The number of aliphatic hydroxyl groups is 1. The minimum Gasteiger partial charge on any atom is -0.458 e. The molecule has 6 heteroatoms. The normalized spacial score (nSPS) is 14.1. The maximum absolute atomic E-state index is 12.4. The van der Waals surface area contributed by atoms with E-state index in [0.29, 0.717) is 6.42 Å². The lowest BCUT2D eigenvalue weighted by Gasteiger charge is -2.28. The molecule has 0 aliphatic rings. The van der Waals surface area contributed by atoms with Crippen LogP contribution in [0.25, 0.3) is 0 Å². The van der Waals surface area contributed by atoms with Crippen molar-refractivity contribution in [2.75, 3.05) is 0 Å². The fourth-order valence-corrected chi connectivity index (χ4v) is 2.30. The van der Waals surface area contributed by atoms with Gasteiger partial charge < -0.3 is 19.9 Å². The Morgan fingerprint density at radius 1 is 1.00 bits per heavy atom. The summed E-state index contributed by atoms with van der Waals surface area (Å²) in [5, 5.41) is 13.4. The summed E-state index contributed by atoms with van der Waals surface area (Å²) in [5.41, 5.74) is 2.68. The first kappa shape index (κ1) is 25.2. The van der Waals surface area contributed by atoms with Gasteiger partial charge in [-0.15, -0.1) is 5.73 Å². The molecule has 2 atom stereocenters. The zero-order chi connectivity index (χ0) is 21.6. The molecule has 0 aromatic carbocycles. The van der Waals surface area contributed by atoms with Crippen LogP contribution >= 0.6 is 0 Å². The number of alkyl carbamates (subject to hydrolysis) is 1. The minimum atomic E-state index is -1.53. The fraction of sp³-hybridized carbons (Fsp3) is 0.762.